The average Bonchev–Trinajstić information content (AvgIpc) is 3.19. The molecule has 0 spiro atoms. The Kier molecular flexibility index (Phi) is 5.36. The molecule has 4 rings (SSSR count). The summed E-state index contributed by atoms with van der Waals surface area (Å²) in [5.74, 6) is -1.06. The van der Waals surface area contributed by atoms with Crippen LogP contribution in [0.2, 0.25) is 5.02 Å². The molecule has 31 heavy (non-hydrogen) atoms. The van der Waals surface area contributed by atoms with Gasteiger partial charge in [-0.1, -0.05) is 41.9 Å². The van der Waals surface area contributed by atoms with Crippen molar-refractivity contribution < 1.29 is 18.3 Å². The molecule has 0 saturated carbocycles. The maximum atomic E-state index is 11.7. The van der Waals surface area contributed by atoms with Crippen molar-refractivity contribution in [3.05, 3.63) is 89.4 Å². The Morgan fingerprint density at radius 1 is 0.968 bits per heavy atom. The van der Waals surface area contributed by atoms with Crippen molar-refractivity contribution in [3.63, 3.8) is 0 Å². The Morgan fingerprint density at radius 2 is 1.61 bits per heavy atom. The summed E-state index contributed by atoms with van der Waals surface area (Å²) in [5, 5.41) is 19.9. The zero-order valence-corrected chi connectivity index (χ0v) is 17.5. The number of aromatic nitrogens is 2. The molecule has 0 saturated heterocycles. The van der Waals surface area contributed by atoms with Crippen molar-refractivity contribution in [1.29, 1.82) is 0 Å². The van der Waals surface area contributed by atoms with Gasteiger partial charge in [0.2, 0.25) is 10.0 Å². The molecule has 9 heteroatoms. The maximum absolute atomic E-state index is 11.7. The van der Waals surface area contributed by atoms with Crippen LogP contribution in [0, 0.1) is 0 Å². The lowest BCUT2D eigenvalue weighted by Crippen LogP contribution is -2.12. The molecule has 0 fully saturated rings. The fraction of sp³-hybridized carbons (Fsp3) is 0. The molecule has 3 aromatic carbocycles. The molecule has 0 unspecified atom stereocenters. The van der Waals surface area contributed by atoms with Crippen molar-refractivity contribution in [2.45, 2.75) is 4.90 Å². The van der Waals surface area contributed by atoms with Crippen LogP contribution in [0.25, 0.3) is 28.2 Å². The first-order chi connectivity index (χ1) is 14.7. The summed E-state index contributed by atoms with van der Waals surface area (Å²) in [4.78, 5) is 11.7. The number of nitrogens with two attached hydrogens (primary N) is 1. The Hall–Kier alpha value is -3.46. The topological polar surface area (TPSA) is 115 Å². The van der Waals surface area contributed by atoms with Crippen molar-refractivity contribution in [2.75, 3.05) is 0 Å². The molecular formula is C22H16ClN3O4S. The van der Waals surface area contributed by atoms with E-state index >= 15 is 0 Å². The predicted molar refractivity (Wildman–Crippen MR) is 118 cm³/mol. The van der Waals surface area contributed by atoms with Gasteiger partial charge in [0.15, 0.2) is 0 Å². The standard InChI is InChI=1S/C22H16ClN3O4S/c23-15-7-5-14(6-8-15)21-13-20(18-3-1-2-4-19(18)22(27)28)25-26(21)16-9-11-17(12-10-16)31(24,29)30/h1-13H,(H,27,28)(H2,24,29,30). The lowest BCUT2D eigenvalue weighted by molar-refractivity contribution is 0.0697. The van der Waals surface area contributed by atoms with Crippen LogP contribution in [-0.2, 0) is 10.0 Å². The van der Waals surface area contributed by atoms with Gasteiger partial charge in [-0.2, -0.15) is 5.10 Å². The molecule has 156 valence electrons. The highest BCUT2D eigenvalue weighted by Gasteiger charge is 2.18. The second-order valence-electron chi connectivity index (χ2n) is 6.72. The number of benzene rings is 3. The van der Waals surface area contributed by atoms with Crippen LogP contribution in [0.1, 0.15) is 10.4 Å². The van der Waals surface area contributed by atoms with Gasteiger partial charge in [-0.05, 0) is 48.5 Å². The van der Waals surface area contributed by atoms with Gasteiger partial charge in [0.25, 0.3) is 0 Å². The number of nitrogens with zero attached hydrogens (tertiary/aromatic N) is 2. The third kappa shape index (κ3) is 4.22. The van der Waals surface area contributed by atoms with E-state index in [0.717, 1.165) is 5.56 Å². The second kappa shape index (κ2) is 7.99. The highest BCUT2D eigenvalue weighted by Crippen LogP contribution is 2.31. The van der Waals surface area contributed by atoms with Crippen molar-refractivity contribution in [1.82, 2.24) is 9.78 Å². The number of hydrogen-bond donors (Lipinski definition) is 2. The summed E-state index contributed by atoms with van der Waals surface area (Å²) in [6, 6.07) is 21.4. The van der Waals surface area contributed by atoms with Gasteiger partial charge in [-0.25, -0.2) is 23.0 Å². The van der Waals surface area contributed by atoms with Crippen LogP contribution in [0.4, 0.5) is 0 Å². The van der Waals surface area contributed by atoms with Gasteiger partial charge in [-0.15, -0.1) is 0 Å². The summed E-state index contributed by atoms with van der Waals surface area (Å²) < 4.78 is 24.8. The Bertz CT molecular complexity index is 1380. The number of sulfonamides is 1. The summed E-state index contributed by atoms with van der Waals surface area (Å²) in [6.45, 7) is 0. The van der Waals surface area contributed by atoms with Gasteiger partial charge < -0.3 is 5.11 Å². The number of hydrogen-bond acceptors (Lipinski definition) is 4. The second-order valence-corrected chi connectivity index (χ2v) is 8.72. The van der Waals surface area contributed by atoms with Crippen LogP contribution < -0.4 is 5.14 Å². The number of carbonyl (C=O) groups is 1. The molecule has 0 amide bonds. The number of primary sulfonamides is 1. The highest BCUT2D eigenvalue weighted by molar-refractivity contribution is 7.89. The largest absolute Gasteiger partial charge is 0.478 e. The molecular weight excluding hydrogens is 438 g/mol. The van der Waals surface area contributed by atoms with Gasteiger partial charge in [0, 0.05) is 16.1 Å². The van der Waals surface area contributed by atoms with Crippen LogP contribution in [0.15, 0.2) is 83.8 Å². The molecule has 0 atom stereocenters. The van der Waals surface area contributed by atoms with Gasteiger partial charge >= 0.3 is 5.97 Å². The maximum Gasteiger partial charge on any atom is 0.336 e. The van der Waals surface area contributed by atoms with E-state index in [4.69, 9.17) is 16.7 Å². The van der Waals surface area contributed by atoms with E-state index in [1.807, 2.05) is 12.1 Å². The first kappa shape index (κ1) is 20.8. The fourth-order valence-corrected chi connectivity index (χ4v) is 3.85. The summed E-state index contributed by atoms with van der Waals surface area (Å²) >= 11 is 6.02. The quantitative estimate of drug-likeness (QED) is 0.469. The van der Waals surface area contributed by atoms with Crippen molar-refractivity contribution in [2.24, 2.45) is 5.14 Å². The molecule has 0 aliphatic heterocycles. The minimum atomic E-state index is -3.83. The third-order valence-corrected chi connectivity index (χ3v) is 5.87. The lowest BCUT2D eigenvalue weighted by atomic mass is 10.0. The highest BCUT2D eigenvalue weighted by atomic mass is 35.5. The molecule has 1 aromatic heterocycles. The number of aromatic carboxylic acids is 1. The van der Waals surface area contributed by atoms with E-state index in [9.17, 15) is 18.3 Å². The van der Waals surface area contributed by atoms with Crippen molar-refractivity contribution >= 4 is 27.6 Å². The average molecular weight is 454 g/mol. The van der Waals surface area contributed by atoms with E-state index in [-0.39, 0.29) is 10.5 Å². The zero-order chi connectivity index (χ0) is 22.2. The third-order valence-electron chi connectivity index (χ3n) is 4.69. The Morgan fingerprint density at radius 3 is 2.23 bits per heavy atom. The Labute approximate surface area is 183 Å². The SMILES string of the molecule is NS(=O)(=O)c1ccc(-n2nc(-c3ccccc3C(=O)O)cc2-c2ccc(Cl)cc2)cc1. The Balaban J connectivity index is 1.92. The van der Waals surface area contributed by atoms with E-state index < -0.39 is 16.0 Å². The van der Waals surface area contributed by atoms with E-state index in [1.165, 1.54) is 18.2 Å². The summed E-state index contributed by atoms with van der Waals surface area (Å²) in [7, 11) is -3.83. The molecule has 0 aliphatic rings. The fourth-order valence-electron chi connectivity index (χ4n) is 3.21. The molecule has 7 nitrogen and oxygen atoms in total. The van der Waals surface area contributed by atoms with Gasteiger partial charge in [0.1, 0.15) is 0 Å². The molecule has 0 radical (unpaired) electrons. The number of halogens is 1. The zero-order valence-electron chi connectivity index (χ0n) is 15.9. The molecule has 1 heterocycles. The van der Waals surface area contributed by atoms with E-state index in [2.05, 4.69) is 5.10 Å². The monoisotopic (exact) mass is 453 g/mol. The molecule has 0 bridgehead atoms. The first-order valence-corrected chi connectivity index (χ1v) is 11.0. The lowest BCUT2D eigenvalue weighted by Gasteiger charge is -2.08. The van der Waals surface area contributed by atoms with Crippen LogP contribution in [-0.4, -0.2) is 29.3 Å². The number of carboxylic acids is 1. The molecule has 4 aromatic rings. The minimum absolute atomic E-state index is 0.0205. The molecule has 3 N–H and O–H groups in total. The van der Waals surface area contributed by atoms with Gasteiger partial charge in [0.05, 0.1) is 27.5 Å². The number of rotatable bonds is 5. The van der Waals surface area contributed by atoms with E-state index in [0.29, 0.717) is 27.7 Å². The summed E-state index contributed by atoms with van der Waals surface area (Å²) in [5.41, 5.74) is 3.10. The predicted octanol–water partition coefficient (Wildman–Crippen LogP) is 4.21. The van der Waals surface area contributed by atoms with Crippen molar-refractivity contribution in [3.8, 4) is 28.2 Å². The summed E-state index contributed by atoms with van der Waals surface area (Å²) in [6.07, 6.45) is 0. The van der Waals surface area contributed by atoms with Crippen LogP contribution >= 0.6 is 11.6 Å². The van der Waals surface area contributed by atoms with Crippen LogP contribution in [0.5, 0.6) is 0 Å². The van der Waals surface area contributed by atoms with E-state index in [1.54, 1.807) is 53.2 Å². The van der Waals surface area contributed by atoms with Gasteiger partial charge in [-0.3, -0.25) is 0 Å². The van der Waals surface area contributed by atoms with Crippen LogP contribution in [0.3, 0.4) is 0 Å². The first-order valence-electron chi connectivity index (χ1n) is 9.06. The normalized spacial score (nSPS) is 11.4. The minimum Gasteiger partial charge on any atom is -0.478 e. The number of carboxylic acid groups (broad SMARTS) is 1. The smallest absolute Gasteiger partial charge is 0.336 e. The molecule has 0 aliphatic carbocycles.